The Morgan fingerprint density at radius 3 is 2.83 bits per heavy atom. The van der Waals surface area contributed by atoms with Gasteiger partial charge in [-0.25, -0.2) is 4.68 Å². The fourth-order valence-electron chi connectivity index (χ4n) is 3.23. The van der Waals surface area contributed by atoms with Gasteiger partial charge in [0.15, 0.2) is 0 Å². The van der Waals surface area contributed by atoms with Crippen molar-refractivity contribution in [3.63, 3.8) is 0 Å². The van der Waals surface area contributed by atoms with Gasteiger partial charge >= 0.3 is 0 Å². The van der Waals surface area contributed by atoms with Crippen LogP contribution in [0.15, 0.2) is 42.6 Å². The fourth-order valence-corrected chi connectivity index (χ4v) is 3.23. The van der Waals surface area contributed by atoms with Crippen molar-refractivity contribution in [2.45, 2.75) is 32.7 Å². The molecule has 1 N–H and O–H groups in total. The van der Waals surface area contributed by atoms with E-state index in [-0.39, 0.29) is 5.91 Å². The highest BCUT2D eigenvalue weighted by molar-refractivity contribution is 6.03. The van der Waals surface area contributed by atoms with Gasteiger partial charge in [0.05, 0.1) is 11.4 Å². The zero-order valence-corrected chi connectivity index (χ0v) is 13.6. The molecule has 0 aliphatic heterocycles. The molecule has 3 aromatic rings. The van der Waals surface area contributed by atoms with Crippen molar-refractivity contribution >= 4 is 11.7 Å². The first-order valence-electron chi connectivity index (χ1n) is 8.27. The molecule has 1 aliphatic carbocycles. The number of hydrogen-bond donors (Lipinski definition) is 1. The molecule has 0 atom stereocenters. The average Bonchev–Trinajstić information content (AvgIpc) is 3.32. The van der Waals surface area contributed by atoms with Gasteiger partial charge in [0.1, 0.15) is 11.5 Å². The van der Waals surface area contributed by atoms with Gasteiger partial charge < -0.3 is 5.32 Å². The van der Waals surface area contributed by atoms with E-state index in [2.05, 4.69) is 10.4 Å². The van der Waals surface area contributed by atoms with E-state index in [0.717, 1.165) is 42.0 Å². The van der Waals surface area contributed by atoms with Crippen LogP contribution >= 0.6 is 0 Å². The van der Waals surface area contributed by atoms with Gasteiger partial charge in [-0.15, -0.1) is 0 Å². The number of nitrogens with zero attached hydrogens (tertiary/aromatic N) is 4. The third kappa shape index (κ3) is 2.40. The quantitative estimate of drug-likeness (QED) is 0.803. The molecule has 0 spiro atoms. The second-order valence-corrected chi connectivity index (χ2v) is 5.86. The number of anilines is 1. The Labute approximate surface area is 140 Å². The number of para-hydroxylation sites is 1. The topological polar surface area (TPSA) is 64.7 Å². The third-order valence-corrected chi connectivity index (χ3v) is 4.39. The van der Waals surface area contributed by atoms with Crippen LogP contribution in [0.25, 0.3) is 5.69 Å². The van der Waals surface area contributed by atoms with Gasteiger partial charge in [-0.2, -0.15) is 10.2 Å². The minimum absolute atomic E-state index is 0.152. The smallest absolute Gasteiger partial charge is 0.275 e. The standard InChI is InChI=1S/C18H19N5O/c1-2-22-16(11-12-19-22)18(24)20-17-14-9-6-10-15(14)21-23(17)13-7-4-3-5-8-13/h3-5,7-8,11-12H,2,6,9-10H2,1H3,(H,20,24). The molecule has 0 unspecified atom stereocenters. The number of amides is 1. The van der Waals surface area contributed by atoms with E-state index in [1.54, 1.807) is 16.9 Å². The summed E-state index contributed by atoms with van der Waals surface area (Å²) in [6.07, 6.45) is 4.65. The lowest BCUT2D eigenvalue weighted by molar-refractivity contribution is 0.101. The van der Waals surface area contributed by atoms with E-state index < -0.39 is 0 Å². The molecule has 6 nitrogen and oxygen atoms in total. The van der Waals surface area contributed by atoms with Gasteiger partial charge in [0.25, 0.3) is 5.91 Å². The molecule has 1 aliphatic rings. The first-order valence-corrected chi connectivity index (χ1v) is 8.27. The normalized spacial score (nSPS) is 13.0. The summed E-state index contributed by atoms with van der Waals surface area (Å²) in [6, 6.07) is 11.6. The van der Waals surface area contributed by atoms with E-state index in [1.165, 1.54) is 0 Å². The molecular formula is C18H19N5O. The van der Waals surface area contributed by atoms with Crippen LogP contribution in [0.5, 0.6) is 0 Å². The predicted octanol–water partition coefficient (Wildman–Crippen LogP) is 2.83. The van der Waals surface area contributed by atoms with E-state index in [9.17, 15) is 4.79 Å². The van der Waals surface area contributed by atoms with Gasteiger partial charge in [-0.3, -0.25) is 9.48 Å². The number of benzene rings is 1. The molecule has 4 rings (SSSR count). The molecule has 0 saturated heterocycles. The lowest BCUT2D eigenvalue weighted by Crippen LogP contribution is -2.20. The van der Waals surface area contributed by atoms with Crippen molar-refractivity contribution in [3.05, 3.63) is 59.5 Å². The van der Waals surface area contributed by atoms with Crippen molar-refractivity contribution < 1.29 is 4.79 Å². The van der Waals surface area contributed by atoms with Crippen LogP contribution in [0.1, 0.15) is 35.1 Å². The summed E-state index contributed by atoms with van der Waals surface area (Å²) >= 11 is 0. The van der Waals surface area contributed by atoms with Crippen LogP contribution in [-0.2, 0) is 19.4 Å². The summed E-state index contributed by atoms with van der Waals surface area (Å²) < 4.78 is 3.53. The van der Waals surface area contributed by atoms with E-state index >= 15 is 0 Å². The number of aryl methyl sites for hydroxylation is 2. The van der Waals surface area contributed by atoms with Crippen LogP contribution in [0.3, 0.4) is 0 Å². The molecule has 0 bridgehead atoms. The molecular weight excluding hydrogens is 302 g/mol. The van der Waals surface area contributed by atoms with Crippen molar-refractivity contribution in [2.24, 2.45) is 0 Å². The Kier molecular flexibility index (Phi) is 3.65. The minimum Gasteiger partial charge on any atom is -0.305 e. The highest BCUT2D eigenvalue weighted by atomic mass is 16.2. The zero-order chi connectivity index (χ0) is 16.5. The molecule has 0 saturated carbocycles. The summed E-state index contributed by atoms with van der Waals surface area (Å²) in [5.74, 6) is 0.628. The van der Waals surface area contributed by atoms with E-state index in [0.29, 0.717) is 12.2 Å². The molecule has 6 heteroatoms. The Balaban J connectivity index is 1.74. The monoisotopic (exact) mass is 321 g/mol. The highest BCUT2D eigenvalue weighted by Crippen LogP contribution is 2.31. The lowest BCUT2D eigenvalue weighted by atomic mass is 10.2. The first kappa shape index (κ1) is 14.7. The lowest BCUT2D eigenvalue weighted by Gasteiger charge is -2.11. The first-order chi connectivity index (χ1) is 11.8. The molecule has 0 fully saturated rings. The van der Waals surface area contributed by atoms with Crippen LogP contribution in [0.2, 0.25) is 0 Å². The maximum atomic E-state index is 12.7. The number of hydrogen-bond acceptors (Lipinski definition) is 3. The summed E-state index contributed by atoms with van der Waals surface area (Å²) in [5, 5.41) is 12.0. The average molecular weight is 321 g/mol. The second-order valence-electron chi connectivity index (χ2n) is 5.86. The number of rotatable bonds is 4. The highest BCUT2D eigenvalue weighted by Gasteiger charge is 2.25. The van der Waals surface area contributed by atoms with Gasteiger partial charge in [0.2, 0.25) is 0 Å². The van der Waals surface area contributed by atoms with Crippen molar-refractivity contribution in [1.29, 1.82) is 0 Å². The maximum Gasteiger partial charge on any atom is 0.275 e. The number of aromatic nitrogens is 4. The van der Waals surface area contributed by atoms with Gasteiger partial charge in [-0.05, 0) is 44.4 Å². The Morgan fingerprint density at radius 1 is 1.21 bits per heavy atom. The van der Waals surface area contributed by atoms with Gasteiger partial charge in [-0.1, -0.05) is 18.2 Å². The Morgan fingerprint density at radius 2 is 2.04 bits per heavy atom. The summed E-state index contributed by atoms with van der Waals surface area (Å²) in [5.41, 5.74) is 3.74. The predicted molar refractivity (Wildman–Crippen MR) is 91.4 cm³/mol. The zero-order valence-electron chi connectivity index (χ0n) is 13.6. The maximum absolute atomic E-state index is 12.7. The summed E-state index contributed by atoms with van der Waals surface area (Å²) in [7, 11) is 0. The molecule has 0 radical (unpaired) electrons. The van der Waals surface area contributed by atoms with Crippen LogP contribution in [0.4, 0.5) is 5.82 Å². The third-order valence-electron chi connectivity index (χ3n) is 4.39. The molecule has 24 heavy (non-hydrogen) atoms. The molecule has 1 aromatic carbocycles. The van der Waals surface area contributed by atoms with Crippen molar-refractivity contribution in [3.8, 4) is 5.69 Å². The van der Waals surface area contributed by atoms with E-state index in [1.807, 2.05) is 41.9 Å². The molecule has 1 amide bonds. The number of carbonyl (C=O) groups is 1. The summed E-state index contributed by atoms with van der Waals surface area (Å²) in [4.78, 5) is 12.7. The number of fused-ring (bicyclic) bond motifs is 1. The Hall–Kier alpha value is -2.89. The van der Waals surface area contributed by atoms with Crippen molar-refractivity contribution in [1.82, 2.24) is 19.6 Å². The SMILES string of the molecule is CCn1nccc1C(=O)Nc1c2c(nn1-c1ccccc1)CCC2. The van der Waals surface area contributed by atoms with Crippen molar-refractivity contribution in [2.75, 3.05) is 5.32 Å². The van der Waals surface area contributed by atoms with Crippen LogP contribution < -0.4 is 5.32 Å². The van der Waals surface area contributed by atoms with E-state index in [4.69, 9.17) is 5.10 Å². The molecule has 122 valence electrons. The largest absolute Gasteiger partial charge is 0.305 e. The minimum atomic E-state index is -0.152. The molecule has 2 heterocycles. The fraction of sp³-hybridized carbons (Fsp3) is 0.278. The Bertz CT molecular complexity index is 878. The molecule has 2 aromatic heterocycles. The summed E-state index contributed by atoms with van der Waals surface area (Å²) in [6.45, 7) is 2.63. The van der Waals surface area contributed by atoms with Crippen LogP contribution in [0, 0.1) is 0 Å². The number of nitrogens with one attached hydrogen (secondary N) is 1. The second kappa shape index (κ2) is 5.96. The van der Waals surface area contributed by atoms with Gasteiger partial charge in [0, 0.05) is 18.3 Å². The number of carbonyl (C=O) groups excluding carboxylic acids is 1. The van der Waals surface area contributed by atoms with Crippen LogP contribution in [-0.4, -0.2) is 25.5 Å².